The molecule has 1 amide bonds. The zero-order valence-corrected chi connectivity index (χ0v) is 23.0. The number of rotatable bonds is 7. The van der Waals surface area contributed by atoms with Crippen LogP contribution in [0, 0.1) is 5.21 Å². The van der Waals surface area contributed by atoms with Gasteiger partial charge in [0, 0.05) is 38.9 Å². The van der Waals surface area contributed by atoms with E-state index in [1.54, 1.807) is 18.2 Å². The number of nitrogens with zero attached hydrogens (tertiary/aromatic N) is 4. The molecule has 38 heavy (non-hydrogen) atoms. The summed E-state index contributed by atoms with van der Waals surface area (Å²) in [4.78, 5) is 14.9. The van der Waals surface area contributed by atoms with Crippen molar-refractivity contribution in [1.29, 1.82) is 0 Å². The number of para-hydroxylation sites is 1. The van der Waals surface area contributed by atoms with E-state index in [0.717, 1.165) is 10.6 Å². The standard InChI is InChI=1S/C24H26ClN5O6S2/c1-27(37(2,33)34)23-6-4-3-5-22(23)24(31)26-19-7-9-21(10-8-19)38(35,36)30-13-11-28(12-14-30)20-15-18(25)16-29(32)17-20/h3-10,15-17H,11-14H2,1-2H3,(H,26,31). The number of aromatic nitrogens is 1. The van der Waals surface area contributed by atoms with Gasteiger partial charge in [-0.1, -0.05) is 23.7 Å². The SMILES string of the molecule is CN(c1ccccc1C(=O)Nc1ccc(S(=O)(=O)N2CCN(c3cc(Cl)c[n+]([O-])c3)CC2)cc1)S(C)(=O)=O. The Labute approximate surface area is 226 Å². The maximum Gasteiger partial charge on any atom is 0.257 e. The van der Waals surface area contributed by atoms with Crippen LogP contribution < -0.4 is 19.3 Å². The summed E-state index contributed by atoms with van der Waals surface area (Å²) in [5, 5.41) is 14.6. The number of sulfonamides is 2. The van der Waals surface area contributed by atoms with Crippen LogP contribution in [0.4, 0.5) is 17.1 Å². The van der Waals surface area contributed by atoms with Crippen LogP contribution in [-0.2, 0) is 20.0 Å². The van der Waals surface area contributed by atoms with Gasteiger partial charge in [0.05, 0.1) is 22.4 Å². The van der Waals surface area contributed by atoms with E-state index >= 15 is 0 Å². The molecular weight excluding hydrogens is 554 g/mol. The predicted molar refractivity (Wildman–Crippen MR) is 145 cm³/mol. The van der Waals surface area contributed by atoms with Gasteiger partial charge in [-0.25, -0.2) is 16.8 Å². The highest BCUT2D eigenvalue weighted by Crippen LogP contribution is 2.25. The number of carbonyl (C=O) groups is 1. The molecule has 0 saturated carbocycles. The topological polar surface area (TPSA) is 134 Å². The van der Waals surface area contributed by atoms with E-state index in [0.29, 0.717) is 34.2 Å². The maximum absolute atomic E-state index is 13.2. The molecule has 0 bridgehead atoms. The van der Waals surface area contributed by atoms with Crippen LogP contribution in [0.2, 0.25) is 5.02 Å². The van der Waals surface area contributed by atoms with Crippen molar-refractivity contribution in [2.45, 2.75) is 4.90 Å². The lowest BCUT2D eigenvalue weighted by atomic mass is 10.1. The number of halogens is 1. The van der Waals surface area contributed by atoms with Gasteiger partial charge in [0.15, 0.2) is 6.20 Å². The summed E-state index contributed by atoms with van der Waals surface area (Å²) in [6.07, 6.45) is 3.67. The second kappa shape index (κ2) is 10.8. The number of hydrogen-bond donors (Lipinski definition) is 1. The lowest BCUT2D eigenvalue weighted by Gasteiger charge is -2.34. The molecule has 14 heteroatoms. The van der Waals surface area contributed by atoms with Crippen molar-refractivity contribution in [3.05, 3.63) is 82.8 Å². The Bertz CT molecular complexity index is 1540. The van der Waals surface area contributed by atoms with E-state index in [2.05, 4.69) is 5.32 Å². The first-order chi connectivity index (χ1) is 17.9. The van der Waals surface area contributed by atoms with Crippen LogP contribution in [0.25, 0.3) is 0 Å². The summed E-state index contributed by atoms with van der Waals surface area (Å²) >= 11 is 5.96. The largest absolute Gasteiger partial charge is 0.619 e. The molecule has 0 spiro atoms. The van der Waals surface area contributed by atoms with E-state index in [9.17, 15) is 26.8 Å². The number of piperazine rings is 1. The minimum atomic E-state index is -3.79. The average molecular weight is 580 g/mol. The van der Waals surface area contributed by atoms with Crippen molar-refractivity contribution in [2.75, 3.05) is 54.0 Å². The van der Waals surface area contributed by atoms with Crippen LogP contribution >= 0.6 is 11.6 Å². The molecule has 1 N–H and O–H groups in total. The van der Waals surface area contributed by atoms with Gasteiger partial charge in [-0.2, -0.15) is 9.04 Å². The van der Waals surface area contributed by atoms with Crippen molar-refractivity contribution in [2.24, 2.45) is 0 Å². The van der Waals surface area contributed by atoms with Crippen LogP contribution in [0.3, 0.4) is 0 Å². The zero-order valence-electron chi connectivity index (χ0n) is 20.6. The summed E-state index contributed by atoms with van der Waals surface area (Å²) in [5.41, 5.74) is 1.34. The van der Waals surface area contributed by atoms with Gasteiger partial charge in [0.25, 0.3) is 5.91 Å². The maximum atomic E-state index is 13.2. The molecule has 0 atom stereocenters. The number of amides is 1. The van der Waals surface area contributed by atoms with Gasteiger partial charge in [-0.05, 0) is 42.5 Å². The Morgan fingerprint density at radius 3 is 2.24 bits per heavy atom. The number of anilines is 3. The smallest absolute Gasteiger partial charge is 0.257 e. The Morgan fingerprint density at radius 1 is 1.00 bits per heavy atom. The van der Waals surface area contributed by atoms with Crippen molar-refractivity contribution in [3.8, 4) is 0 Å². The average Bonchev–Trinajstić information content (AvgIpc) is 2.87. The monoisotopic (exact) mass is 579 g/mol. The molecule has 1 saturated heterocycles. The van der Waals surface area contributed by atoms with Gasteiger partial charge in [0.1, 0.15) is 10.7 Å². The second-order valence-electron chi connectivity index (χ2n) is 8.69. The molecule has 0 unspecified atom stereocenters. The fourth-order valence-corrected chi connectivity index (χ4v) is 6.19. The number of pyridine rings is 1. The molecule has 1 aliphatic heterocycles. The number of carbonyl (C=O) groups excluding carboxylic acids is 1. The molecule has 1 fully saturated rings. The van der Waals surface area contributed by atoms with Gasteiger partial charge in [-0.15, -0.1) is 0 Å². The van der Waals surface area contributed by atoms with Crippen molar-refractivity contribution in [1.82, 2.24) is 4.31 Å². The van der Waals surface area contributed by atoms with Crippen LogP contribution in [0.5, 0.6) is 0 Å². The summed E-state index contributed by atoms with van der Waals surface area (Å²) in [6, 6.07) is 13.7. The lowest BCUT2D eigenvalue weighted by Crippen LogP contribution is -2.49. The normalized spacial score (nSPS) is 14.8. The van der Waals surface area contributed by atoms with E-state index in [1.807, 2.05) is 4.90 Å². The molecule has 11 nitrogen and oxygen atoms in total. The second-order valence-corrected chi connectivity index (χ2v) is 13.1. The van der Waals surface area contributed by atoms with E-state index in [1.165, 1.54) is 60.1 Å². The molecule has 0 radical (unpaired) electrons. The van der Waals surface area contributed by atoms with Gasteiger partial charge < -0.3 is 15.4 Å². The van der Waals surface area contributed by atoms with Gasteiger partial charge >= 0.3 is 0 Å². The predicted octanol–water partition coefficient (Wildman–Crippen LogP) is 2.13. The quantitative estimate of drug-likeness (QED) is 0.335. The molecule has 3 aromatic rings. The van der Waals surface area contributed by atoms with Crippen molar-refractivity contribution >= 4 is 54.6 Å². The van der Waals surface area contributed by atoms with Crippen LogP contribution in [0.1, 0.15) is 10.4 Å². The molecule has 0 aliphatic carbocycles. The molecule has 2 aromatic carbocycles. The molecule has 2 heterocycles. The molecule has 1 aromatic heterocycles. The fraction of sp³-hybridized carbons (Fsp3) is 0.250. The first-order valence-corrected chi connectivity index (χ1v) is 15.1. The van der Waals surface area contributed by atoms with Crippen LogP contribution in [0.15, 0.2) is 71.9 Å². The van der Waals surface area contributed by atoms with Crippen LogP contribution in [-0.4, -0.2) is 66.5 Å². The molecule has 202 valence electrons. The van der Waals surface area contributed by atoms with E-state index in [4.69, 9.17) is 11.6 Å². The van der Waals surface area contributed by atoms with Crippen molar-refractivity contribution in [3.63, 3.8) is 0 Å². The molecular formula is C24H26ClN5O6S2. The highest BCUT2D eigenvalue weighted by Gasteiger charge is 2.29. The minimum Gasteiger partial charge on any atom is -0.619 e. The summed E-state index contributed by atoms with van der Waals surface area (Å²) in [7, 11) is -6.01. The van der Waals surface area contributed by atoms with Crippen molar-refractivity contribution < 1.29 is 26.4 Å². The summed E-state index contributed by atoms with van der Waals surface area (Å²) in [5.74, 6) is -0.539. The fourth-order valence-electron chi connectivity index (χ4n) is 4.04. The number of hydrogen-bond acceptors (Lipinski definition) is 7. The van der Waals surface area contributed by atoms with Gasteiger partial charge in [-0.3, -0.25) is 9.10 Å². The lowest BCUT2D eigenvalue weighted by molar-refractivity contribution is -0.604. The first kappa shape index (κ1) is 27.6. The van der Waals surface area contributed by atoms with Gasteiger partial charge in [0.2, 0.25) is 26.2 Å². The van der Waals surface area contributed by atoms with E-state index in [-0.39, 0.29) is 29.2 Å². The Kier molecular flexibility index (Phi) is 7.83. The minimum absolute atomic E-state index is 0.0707. The third-order valence-corrected chi connectivity index (χ3v) is 9.45. The zero-order chi connectivity index (χ0) is 27.7. The number of nitrogens with one attached hydrogen (secondary N) is 1. The third-order valence-electron chi connectivity index (χ3n) is 6.13. The first-order valence-electron chi connectivity index (χ1n) is 11.4. The Hall–Kier alpha value is -3.39. The third kappa shape index (κ3) is 6.01. The summed E-state index contributed by atoms with van der Waals surface area (Å²) < 4.78 is 53.3. The highest BCUT2D eigenvalue weighted by atomic mass is 35.5. The highest BCUT2D eigenvalue weighted by molar-refractivity contribution is 7.92. The molecule has 1 aliphatic rings. The summed E-state index contributed by atoms with van der Waals surface area (Å²) in [6.45, 7) is 1.21. The van der Waals surface area contributed by atoms with E-state index < -0.39 is 26.0 Å². The molecule has 4 rings (SSSR count). The Morgan fingerprint density at radius 2 is 1.63 bits per heavy atom. The Balaban J connectivity index is 1.44. The number of benzene rings is 2.